The van der Waals surface area contributed by atoms with Gasteiger partial charge in [-0.1, -0.05) is 33.1 Å². The van der Waals surface area contributed by atoms with Crippen LogP contribution in [0.3, 0.4) is 0 Å². The first-order valence-corrected chi connectivity index (χ1v) is 8.73. The Morgan fingerprint density at radius 3 is 2.65 bits per heavy atom. The van der Waals surface area contributed by atoms with E-state index in [1.54, 1.807) is 0 Å². The van der Waals surface area contributed by atoms with Crippen LogP contribution in [0.15, 0.2) is 0 Å². The molecule has 2 N–H and O–H groups in total. The number of hydrogen-bond donors (Lipinski definition) is 1. The van der Waals surface area contributed by atoms with Gasteiger partial charge in [0.25, 0.3) is 0 Å². The zero-order valence-corrected chi connectivity index (χ0v) is 13.7. The molecule has 1 saturated carbocycles. The van der Waals surface area contributed by atoms with E-state index < -0.39 is 0 Å². The Morgan fingerprint density at radius 1 is 1.20 bits per heavy atom. The van der Waals surface area contributed by atoms with Crippen LogP contribution in [0.4, 0.5) is 0 Å². The summed E-state index contributed by atoms with van der Waals surface area (Å²) in [6.07, 6.45) is 9.52. The lowest BCUT2D eigenvalue weighted by atomic mass is 9.85. The molecule has 1 aliphatic carbocycles. The van der Waals surface area contributed by atoms with Crippen LogP contribution >= 0.6 is 0 Å². The van der Waals surface area contributed by atoms with Gasteiger partial charge in [0.05, 0.1) is 12.7 Å². The average molecular weight is 282 g/mol. The first-order chi connectivity index (χ1) is 9.65. The largest absolute Gasteiger partial charge is 0.376 e. The molecule has 1 saturated heterocycles. The van der Waals surface area contributed by atoms with E-state index in [-0.39, 0.29) is 5.54 Å². The lowest BCUT2D eigenvalue weighted by Crippen LogP contribution is -2.62. The molecule has 20 heavy (non-hydrogen) atoms. The van der Waals surface area contributed by atoms with Gasteiger partial charge in [-0.15, -0.1) is 0 Å². The van der Waals surface area contributed by atoms with Gasteiger partial charge >= 0.3 is 0 Å². The zero-order valence-electron chi connectivity index (χ0n) is 13.7. The number of hydrogen-bond acceptors (Lipinski definition) is 3. The summed E-state index contributed by atoms with van der Waals surface area (Å²) >= 11 is 0. The summed E-state index contributed by atoms with van der Waals surface area (Å²) in [4.78, 5) is 2.74. The molecule has 4 unspecified atom stereocenters. The van der Waals surface area contributed by atoms with E-state index >= 15 is 0 Å². The second-order valence-electron chi connectivity index (χ2n) is 6.99. The zero-order chi connectivity index (χ0) is 14.6. The third-order valence-corrected chi connectivity index (χ3v) is 5.78. The molecule has 0 bridgehead atoms. The normalized spacial score (nSPS) is 40.5. The number of morpholine rings is 1. The van der Waals surface area contributed by atoms with Crippen LogP contribution in [0.25, 0.3) is 0 Å². The summed E-state index contributed by atoms with van der Waals surface area (Å²) in [7, 11) is 0. The van der Waals surface area contributed by atoms with Crippen molar-refractivity contribution in [3.63, 3.8) is 0 Å². The van der Waals surface area contributed by atoms with Gasteiger partial charge in [-0.25, -0.2) is 0 Å². The summed E-state index contributed by atoms with van der Waals surface area (Å²) < 4.78 is 5.88. The maximum absolute atomic E-state index is 6.31. The predicted octanol–water partition coefficient (Wildman–Crippen LogP) is 3.17. The molecule has 0 spiro atoms. The molecule has 0 radical (unpaired) electrons. The van der Waals surface area contributed by atoms with Crippen molar-refractivity contribution in [2.75, 3.05) is 19.7 Å². The quantitative estimate of drug-likeness (QED) is 0.805. The molecule has 118 valence electrons. The second kappa shape index (κ2) is 7.24. The second-order valence-corrected chi connectivity index (χ2v) is 6.99. The van der Waals surface area contributed by atoms with Crippen molar-refractivity contribution in [3.05, 3.63) is 0 Å². The number of ether oxygens (including phenoxy) is 1. The molecule has 4 atom stereocenters. The topological polar surface area (TPSA) is 38.5 Å². The monoisotopic (exact) mass is 282 g/mol. The Balaban J connectivity index is 2.15. The molecular formula is C17H34N2O. The minimum Gasteiger partial charge on any atom is -0.376 e. The van der Waals surface area contributed by atoms with Gasteiger partial charge in [-0.2, -0.15) is 0 Å². The van der Waals surface area contributed by atoms with Gasteiger partial charge in [0.15, 0.2) is 0 Å². The molecule has 2 fully saturated rings. The number of nitrogens with two attached hydrogens (primary N) is 1. The lowest BCUT2D eigenvalue weighted by Gasteiger charge is -2.51. The van der Waals surface area contributed by atoms with Crippen molar-refractivity contribution in [1.29, 1.82) is 0 Å². The van der Waals surface area contributed by atoms with Crippen molar-refractivity contribution in [2.24, 2.45) is 11.7 Å². The van der Waals surface area contributed by atoms with Crippen LogP contribution in [-0.2, 0) is 4.74 Å². The molecular weight excluding hydrogens is 248 g/mol. The molecule has 2 aliphatic rings. The van der Waals surface area contributed by atoms with E-state index in [1.807, 2.05) is 0 Å². The first-order valence-electron chi connectivity index (χ1n) is 8.73. The summed E-state index contributed by atoms with van der Waals surface area (Å²) in [5.74, 6) is 0.918. The van der Waals surface area contributed by atoms with Gasteiger partial charge < -0.3 is 10.5 Å². The molecule has 3 heteroatoms. The molecule has 2 rings (SSSR count). The van der Waals surface area contributed by atoms with Crippen LogP contribution in [0, 0.1) is 5.92 Å². The summed E-state index contributed by atoms with van der Waals surface area (Å²) in [6, 6.07) is 0.563. The highest BCUT2D eigenvalue weighted by molar-refractivity contribution is 4.98. The van der Waals surface area contributed by atoms with Gasteiger partial charge in [0.1, 0.15) is 0 Å². The van der Waals surface area contributed by atoms with Gasteiger partial charge in [0.2, 0.25) is 0 Å². The van der Waals surface area contributed by atoms with Crippen LogP contribution in [-0.4, -0.2) is 42.3 Å². The predicted molar refractivity (Wildman–Crippen MR) is 84.9 cm³/mol. The third kappa shape index (κ3) is 3.37. The molecule has 0 aromatic rings. The van der Waals surface area contributed by atoms with E-state index in [2.05, 4.69) is 25.7 Å². The molecule has 3 nitrogen and oxygen atoms in total. The first kappa shape index (κ1) is 16.3. The van der Waals surface area contributed by atoms with Crippen LogP contribution in [0.2, 0.25) is 0 Å². The Labute approximate surface area is 125 Å². The van der Waals surface area contributed by atoms with Crippen molar-refractivity contribution in [2.45, 2.75) is 83.4 Å². The number of nitrogens with zero attached hydrogens (tertiary/aromatic N) is 1. The van der Waals surface area contributed by atoms with Crippen LogP contribution in [0.1, 0.15) is 65.7 Å². The molecule has 0 aromatic carbocycles. The van der Waals surface area contributed by atoms with Gasteiger partial charge in [-0.3, -0.25) is 4.90 Å². The Kier molecular flexibility index (Phi) is 5.88. The van der Waals surface area contributed by atoms with Crippen molar-refractivity contribution >= 4 is 0 Å². The van der Waals surface area contributed by atoms with Crippen molar-refractivity contribution < 1.29 is 4.74 Å². The maximum atomic E-state index is 6.31. The van der Waals surface area contributed by atoms with Gasteiger partial charge in [-0.05, 0) is 38.5 Å². The third-order valence-electron chi connectivity index (χ3n) is 5.78. The van der Waals surface area contributed by atoms with E-state index in [9.17, 15) is 0 Å². The summed E-state index contributed by atoms with van der Waals surface area (Å²) in [5.41, 5.74) is 6.54. The minimum atomic E-state index is 0.239. The van der Waals surface area contributed by atoms with E-state index in [1.165, 1.54) is 44.9 Å². The van der Waals surface area contributed by atoms with Crippen molar-refractivity contribution in [1.82, 2.24) is 4.90 Å². The molecule has 1 heterocycles. The van der Waals surface area contributed by atoms with E-state index in [0.29, 0.717) is 12.1 Å². The van der Waals surface area contributed by atoms with Crippen LogP contribution in [0.5, 0.6) is 0 Å². The lowest BCUT2D eigenvalue weighted by molar-refractivity contribution is -0.103. The smallest absolute Gasteiger partial charge is 0.0675 e. The van der Waals surface area contributed by atoms with E-state index in [0.717, 1.165) is 25.6 Å². The average Bonchev–Trinajstić information content (AvgIpc) is 2.70. The Hall–Kier alpha value is -0.120. The highest BCUT2D eigenvalue weighted by atomic mass is 16.5. The fourth-order valence-electron chi connectivity index (χ4n) is 4.24. The van der Waals surface area contributed by atoms with Crippen LogP contribution < -0.4 is 5.73 Å². The Bertz CT molecular complexity index is 297. The molecule has 0 amide bonds. The molecule has 1 aliphatic heterocycles. The van der Waals surface area contributed by atoms with Crippen molar-refractivity contribution in [3.8, 4) is 0 Å². The SMILES string of the molecule is CCC1CCCC(CN)(N2CC(C)OCC2CC)CC1. The minimum absolute atomic E-state index is 0.239. The van der Waals surface area contributed by atoms with Gasteiger partial charge in [0, 0.05) is 24.7 Å². The highest BCUT2D eigenvalue weighted by Crippen LogP contribution is 2.38. The molecule has 0 aromatic heterocycles. The fraction of sp³-hybridized carbons (Fsp3) is 1.00. The standard InChI is InChI=1S/C17H34N2O/c1-4-15-7-6-9-17(13-18,10-8-15)19-11-14(3)20-12-16(19)5-2/h14-16H,4-13,18H2,1-3H3. The summed E-state index contributed by atoms with van der Waals surface area (Å²) in [6.45, 7) is 9.59. The van der Waals surface area contributed by atoms with E-state index in [4.69, 9.17) is 10.5 Å². The number of rotatable bonds is 4. The maximum Gasteiger partial charge on any atom is 0.0675 e. The fourth-order valence-corrected chi connectivity index (χ4v) is 4.24. The Morgan fingerprint density at radius 2 is 2.00 bits per heavy atom. The highest BCUT2D eigenvalue weighted by Gasteiger charge is 2.42. The summed E-state index contributed by atoms with van der Waals surface area (Å²) in [5, 5.41) is 0.